The van der Waals surface area contributed by atoms with E-state index >= 15 is 0 Å². The van der Waals surface area contributed by atoms with Crippen LogP contribution < -0.4 is 0 Å². The van der Waals surface area contributed by atoms with Gasteiger partial charge in [0.25, 0.3) is 12.4 Å². The summed E-state index contributed by atoms with van der Waals surface area (Å²) in [6.07, 6.45) is 2.33. The molecule has 154 valence electrons. The molecular weight excluding hydrogens is 372 g/mol. The molecule has 0 unspecified atom stereocenters. The molecule has 3 rings (SSSR count). The first kappa shape index (κ1) is 21.7. The summed E-state index contributed by atoms with van der Waals surface area (Å²) in [7, 11) is 1.27. The summed E-state index contributed by atoms with van der Waals surface area (Å²) in [5, 5.41) is 27.1. The van der Waals surface area contributed by atoms with Crippen molar-refractivity contribution in [1.29, 1.82) is 0 Å². The van der Waals surface area contributed by atoms with Gasteiger partial charge in [0.1, 0.15) is 6.10 Å². The van der Waals surface area contributed by atoms with E-state index < -0.39 is 23.8 Å². The van der Waals surface area contributed by atoms with Crippen LogP contribution in [0.5, 0.6) is 0 Å². The third kappa shape index (κ3) is 4.64. The number of methoxy groups -OCH3 is 1. The molecule has 0 aromatic carbocycles. The SMILES string of the molecule is COC(=O)c1cncc(C(=O)N2CCC3(CC2)OCC[C@H](O)[C@@H]3O)c1.O=CO. The number of rotatable bonds is 2. The Morgan fingerprint density at radius 2 is 1.89 bits per heavy atom. The largest absolute Gasteiger partial charge is 0.483 e. The molecule has 1 spiro atoms. The minimum absolute atomic E-state index is 0.219. The van der Waals surface area contributed by atoms with E-state index in [1.54, 1.807) is 4.90 Å². The average molecular weight is 396 g/mol. The summed E-state index contributed by atoms with van der Waals surface area (Å²) < 4.78 is 10.4. The van der Waals surface area contributed by atoms with Crippen molar-refractivity contribution in [3.8, 4) is 0 Å². The maximum absolute atomic E-state index is 12.7. The van der Waals surface area contributed by atoms with Gasteiger partial charge in [-0.3, -0.25) is 14.6 Å². The number of ether oxygens (including phenoxy) is 2. The molecule has 2 saturated heterocycles. The second-order valence-electron chi connectivity index (χ2n) is 6.57. The smallest absolute Gasteiger partial charge is 0.339 e. The number of carboxylic acid groups (broad SMARTS) is 1. The summed E-state index contributed by atoms with van der Waals surface area (Å²) in [4.78, 5) is 38.2. The lowest BCUT2D eigenvalue weighted by Crippen LogP contribution is -2.60. The molecule has 0 bridgehead atoms. The number of carbonyl (C=O) groups is 3. The topological polar surface area (TPSA) is 146 Å². The molecule has 10 heteroatoms. The summed E-state index contributed by atoms with van der Waals surface area (Å²) in [6.45, 7) is 0.938. The molecule has 2 aliphatic rings. The maximum Gasteiger partial charge on any atom is 0.339 e. The van der Waals surface area contributed by atoms with Crippen LogP contribution in [0.3, 0.4) is 0 Å². The number of aromatic nitrogens is 1. The van der Waals surface area contributed by atoms with Crippen LogP contribution in [0, 0.1) is 0 Å². The lowest BCUT2D eigenvalue weighted by Gasteiger charge is -2.48. The zero-order valence-corrected chi connectivity index (χ0v) is 15.5. The van der Waals surface area contributed by atoms with Crippen molar-refractivity contribution in [1.82, 2.24) is 9.88 Å². The van der Waals surface area contributed by atoms with Gasteiger partial charge in [0, 0.05) is 25.5 Å². The number of aliphatic hydroxyl groups is 2. The Kier molecular flexibility index (Phi) is 7.44. The van der Waals surface area contributed by atoms with E-state index in [9.17, 15) is 19.8 Å². The Bertz CT molecular complexity index is 703. The molecule has 2 fully saturated rings. The number of amides is 1. The van der Waals surface area contributed by atoms with Gasteiger partial charge in [-0.05, 0) is 25.3 Å². The fraction of sp³-hybridized carbons (Fsp3) is 0.556. The van der Waals surface area contributed by atoms with Crippen LogP contribution in [0.15, 0.2) is 18.5 Å². The van der Waals surface area contributed by atoms with E-state index in [2.05, 4.69) is 9.72 Å². The first-order valence-corrected chi connectivity index (χ1v) is 8.79. The molecule has 0 aliphatic carbocycles. The van der Waals surface area contributed by atoms with E-state index in [-0.39, 0.29) is 17.9 Å². The Labute approximate surface area is 161 Å². The number of hydrogen-bond donors (Lipinski definition) is 3. The van der Waals surface area contributed by atoms with Crippen LogP contribution in [-0.4, -0.2) is 88.2 Å². The van der Waals surface area contributed by atoms with Crippen molar-refractivity contribution < 1.29 is 39.2 Å². The lowest BCUT2D eigenvalue weighted by molar-refractivity contribution is -0.212. The van der Waals surface area contributed by atoms with Crippen LogP contribution in [0.2, 0.25) is 0 Å². The Balaban J connectivity index is 0.000000878. The highest BCUT2D eigenvalue weighted by molar-refractivity contribution is 5.97. The van der Waals surface area contributed by atoms with Crippen LogP contribution in [0.25, 0.3) is 0 Å². The number of likely N-dealkylation sites (tertiary alicyclic amines) is 1. The van der Waals surface area contributed by atoms with Crippen LogP contribution in [0.1, 0.15) is 40.0 Å². The standard InChI is InChI=1S/C17H22N2O6.CH2O2/c1-24-16(23)12-8-11(9-18-10-12)15(22)19-5-3-17(4-6-19)14(21)13(20)2-7-25-17;2-1-3/h8-10,13-14,20-21H,2-7H2,1H3;1H,(H,2,3)/t13-,14-;/m0./s1. The third-order valence-electron chi connectivity index (χ3n) is 5.01. The highest BCUT2D eigenvalue weighted by Gasteiger charge is 2.48. The second-order valence-corrected chi connectivity index (χ2v) is 6.57. The van der Waals surface area contributed by atoms with Crippen LogP contribution in [0.4, 0.5) is 0 Å². The van der Waals surface area contributed by atoms with Gasteiger partial charge >= 0.3 is 5.97 Å². The number of carbonyl (C=O) groups excluding carboxylic acids is 2. The number of pyridine rings is 1. The van der Waals surface area contributed by atoms with Crippen molar-refractivity contribution in [3.63, 3.8) is 0 Å². The minimum Gasteiger partial charge on any atom is -0.483 e. The molecule has 1 aromatic heterocycles. The summed E-state index contributed by atoms with van der Waals surface area (Å²) in [6, 6.07) is 1.46. The molecule has 0 saturated carbocycles. The molecule has 2 atom stereocenters. The van der Waals surface area contributed by atoms with Gasteiger partial charge in [0.2, 0.25) is 0 Å². The zero-order chi connectivity index (χ0) is 20.7. The van der Waals surface area contributed by atoms with E-state index in [0.29, 0.717) is 44.5 Å². The number of hydrogen-bond acceptors (Lipinski definition) is 8. The molecule has 28 heavy (non-hydrogen) atoms. The molecule has 1 amide bonds. The first-order chi connectivity index (χ1) is 13.4. The Morgan fingerprint density at radius 3 is 2.50 bits per heavy atom. The van der Waals surface area contributed by atoms with Crippen LogP contribution >= 0.6 is 0 Å². The highest BCUT2D eigenvalue weighted by atomic mass is 16.5. The second kappa shape index (κ2) is 9.58. The molecule has 3 heterocycles. The highest BCUT2D eigenvalue weighted by Crippen LogP contribution is 2.35. The van der Waals surface area contributed by atoms with Crippen molar-refractivity contribution in [3.05, 3.63) is 29.6 Å². The van der Waals surface area contributed by atoms with Gasteiger partial charge in [-0.2, -0.15) is 0 Å². The van der Waals surface area contributed by atoms with E-state index in [4.69, 9.17) is 14.6 Å². The monoisotopic (exact) mass is 396 g/mol. The molecule has 10 nitrogen and oxygen atoms in total. The maximum atomic E-state index is 12.7. The number of aliphatic hydroxyl groups excluding tert-OH is 2. The van der Waals surface area contributed by atoms with Gasteiger partial charge < -0.3 is 29.7 Å². The quantitative estimate of drug-likeness (QED) is 0.452. The normalized spacial score (nSPS) is 23.3. The van der Waals surface area contributed by atoms with Gasteiger partial charge in [0.15, 0.2) is 0 Å². The molecule has 3 N–H and O–H groups in total. The minimum atomic E-state index is -0.942. The van der Waals surface area contributed by atoms with E-state index in [1.807, 2.05) is 0 Å². The molecule has 0 radical (unpaired) electrons. The number of piperidine rings is 1. The fourth-order valence-electron chi connectivity index (χ4n) is 3.47. The van der Waals surface area contributed by atoms with Gasteiger partial charge in [-0.1, -0.05) is 0 Å². The van der Waals surface area contributed by atoms with Crippen molar-refractivity contribution in [2.24, 2.45) is 0 Å². The third-order valence-corrected chi connectivity index (χ3v) is 5.01. The predicted molar refractivity (Wildman–Crippen MR) is 94.7 cm³/mol. The van der Waals surface area contributed by atoms with E-state index in [0.717, 1.165) is 0 Å². The van der Waals surface area contributed by atoms with Crippen LogP contribution in [-0.2, 0) is 14.3 Å². The van der Waals surface area contributed by atoms with Crippen molar-refractivity contribution in [2.75, 3.05) is 26.8 Å². The fourth-order valence-corrected chi connectivity index (χ4v) is 3.47. The van der Waals surface area contributed by atoms with Gasteiger partial charge in [0.05, 0.1) is 36.5 Å². The predicted octanol–water partition coefficient (Wildman–Crippen LogP) is -0.314. The van der Waals surface area contributed by atoms with Gasteiger partial charge in [-0.25, -0.2) is 4.79 Å². The summed E-state index contributed by atoms with van der Waals surface area (Å²) in [5.41, 5.74) is -0.263. The molecular formula is C18H24N2O8. The van der Waals surface area contributed by atoms with Crippen molar-refractivity contribution in [2.45, 2.75) is 37.1 Å². The zero-order valence-electron chi connectivity index (χ0n) is 15.5. The average Bonchev–Trinajstić information content (AvgIpc) is 2.72. The van der Waals surface area contributed by atoms with Gasteiger partial charge in [-0.15, -0.1) is 0 Å². The summed E-state index contributed by atoms with van der Waals surface area (Å²) in [5.74, 6) is -0.786. The summed E-state index contributed by atoms with van der Waals surface area (Å²) >= 11 is 0. The Hall–Kier alpha value is -2.56. The van der Waals surface area contributed by atoms with E-state index in [1.165, 1.54) is 25.6 Å². The van der Waals surface area contributed by atoms with Crippen molar-refractivity contribution >= 4 is 18.3 Å². The molecule has 1 aromatic rings. The lowest BCUT2D eigenvalue weighted by atomic mass is 9.80. The first-order valence-electron chi connectivity index (χ1n) is 8.79. The Morgan fingerprint density at radius 1 is 1.29 bits per heavy atom. The number of nitrogens with zero attached hydrogens (tertiary/aromatic N) is 2. The number of esters is 1. The molecule has 2 aliphatic heterocycles.